The van der Waals surface area contributed by atoms with Crippen LogP contribution in [0.4, 0.5) is 0 Å². The van der Waals surface area contributed by atoms with Crippen LogP contribution in [0.1, 0.15) is 32.1 Å². The molecule has 1 heterocycles. The molecule has 3 atom stereocenters. The second-order valence-corrected chi connectivity index (χ2v) is 5.01. The van der Waals surface area contributed by atoms with Crippen LogP contribution in [-0.2, 0) is 4.79 Å². The fourth-order valence-electron chi connectivity index (χ4n) is 2.56. The first-order chi connectivity index (χ1) is 5.83. The molecule has 0 bridgehead atoms. The molecule has 1 aliphatic carbocycles. The summed E-state index contributed by atoms with van der Waals surface area (Å²) in [6.45, 7) is 0. The van der Waals surface area contributed by atoms with Crippen molar-refractivity contribution in [3.8, 4) is 0 Å². The Balaban J connectivity index is 2.07. The van der Waals surface area contributed by atoms with Crippen LogP contribution in [0.2, 0.25) is 0 Å². The molecule has 3 heteroatoms. The van der Waals surface area contributed by atoms with Crippen molar-refractivity contribution in [1.82, 2.24) is 3.11 Å². The number of rotatable bonds is 1. The van der Waals surface area contributed by atoms with Crippen molar-refractivity contribution >= 4 is 29.2 Å². The number of halogens is 1. The Bertz CT molecular complexity index is 185. The van der Waals surface area contributed by atoms with Crippen molar-refractivity contribution in [2.24, 2.45) is 5.92 Å². The zero-order chi connectivity index (χ0) is 8.55. The van der Waals surface area contributed by atoms with Crippen molar-refractivity contribution in [1.29, 1.82) is 0 Å². The minimum atomic E-state index is 0.207. The lowest BCUT2D eigenvalue weighted by Crippen LogP contribution is -2.31. The largest absolute Gasteiger partial charge is 0.302 e. The number of hydrogen-bond donors (Lipinski definition) is 0. The van der Waals surface area contributed by atoms with Crippen LogP contribution >= 0.6 is 22.9 Å². The normalized spacial score (nSPS) is 42.6. The van der Waals surface area contributed by atoms with Crippen molar-refractivity contribution < 1.29 is 4.79 Å². The first kappa shape index (κ1) is 8.94. The van der Waals surface area contributed by atoms with Gasteiger partial charge in [-0.2, -0.15) is 0 Å². The Morgan fingerprint density at radius 1 is 1.33 bits per heavy atom. The average molecular weight is 279 g/mol. The Labute approximate surface area is 87.2 Å². The Morgan fingerprint density at radius 2 is 2.08 bits per heavy atom. The molecular weight excluding hydrogens is 265 g/mol. The molecule has 1 saturated carbocycles. The third-order valence-corrected chi connectivity index (χ3v) is 4.63. The van der Waals surface area contributed by atoms with Crippen LogP contribution in [0, 0.1) is 5.92 Å². The molecule has 0 N–H and O–H groups in total. The summed E-state index contributed by atoms with van der Waals surface area (Å²) in [4.78, 5) is 10.7. The first-order valence-electron chi connectivity index (χ1n) is 4.72. The van der Waals surface area contributed by atoms with Crippen molar-refractivity contribution in [2.75, 3.05) is 0 Å². The van der Waals surface area contributed by atoms with Gasteiger partial charge in [-0.1, -0.05) is 12.8 Å². The summed E-state index contributed by atoms with van der Waals surface area (Å²) in [5.41, 5.74) is 0. The smallest absolute Gasteiger partial charge is 0.137 e. The highest BCUT2D eigenvalue weighted by molar-refractivity contribution is 14.1. The van der Waals surface area contributed by atoms with Crippen molar-refractivity contribution in [3.05, 3.63) is 0 Å². The van der Waals surface area contributed by atoms with Crippen LogP contribution in [0.25, 0.3) is 0 Å². The molecule has 2 fully saturated rings. The molecule has 0 radical (unpaired) electrons. The predicted molar refractivity (Wildman–Crippen MR) is 56.1 cm³/mol. The summed E-state index contributed by atoms with van der Waals surface area (Å²) < 4.78 is 2.26. The van der Waals surface area contributed by atoms with Gasteiger partial charge in [-0.25, -0.2) is 3.11 Å². The van der Waals surface area contributed by atoms with E-state index in [1.807, 2.05) is 0 Å². The summed E-state index contributed by atoms with van der Waals surface area (Å²) in [5, 5.41) is 0. The van der Waals surface area contributed by atoms with Crippen LogP contribution in [0.5, 0.6) is 0 Å². The quantitative estimate of drug-likeness (QED) is 0.416. The molecule has 1 saturated heterocycles. The van der Waals surface area contributed by atoms with Crippen LogP contribution in [0.15, 0.2) is 0 Å². The molecule has 12 heavy (non-hydrogen) atoms. The fourth-order valence-corrected chi connectivity index (χ4v) is 3.65. The van der Waals surface area contributed by atoms with Gasteiger partial charge in [0.05, 0.1) is 6.04 Å². The van der Waals surface area contributed by atoms with Crippen molar-refractivity contribution in [3.63, 3.8) is 0 Å². The maximum atomic E-state index is 10.7. The number of aldehydes is 1. The van der Waals surface area contributed by atoms with Gasteiger partial charge in [0.2, 0.25) is 0 Å². The van der Waals surface area contributed by atoms with E-state index < -0.39 is 0 Å². The molecule has 2 unspecified atom stereocenters. The van der Waals surface area contributed by atoms with E-state index in [4.69, 9.17) is 0 Å². The van der Waals surface area contributed by atoms with Gasteiger partial charge in [0, 0.05) is 28.9 Å². The molecule has 0 aromatic heterocycles. The summed E-state index contributed by atoms with van der Waals surface area (Å²) in [5.74, 6) is 0.811. The highest BCUT2D eigenvalue weighted by Gasteiger charge is 2.40. The van der Waals surface area contributed by atoms with E-state index in [0.29, 0.717) is 6.04 Å². The van der Waals surface area contributed by atoms with Crippen molar-refractivity contribution in [2.45, 2.75) is 44.2 Å². The lowest BCUT2D eigenvalue weighted by molar-refractivity contribution is -0.110. The molecule has 0 amide bonds. The van der Waals surface area contributed by atoms with Gasteiger partial charge in [0.1, 0.15) is 6.29 Å². The maximum Gasteiger partial charge on any atom is 0.137 e. The second-order valence-electron chi connectivity index (χ2n) is 3.90. The number of carbonyl (C=O) groups is 1. The van der Waals surface area contributed by atoms with E-state index in [1.165, 1.54) is 25.7 Å². The SMILES string of the molecule is O=C[C@@H]1CC2CCCCC2N1I. The Hall–Kier alpha value is 0.360. The second kappa shape index (κ2) is 3.62. The molecule has 0 aromatic carbocycles. The standard InChI is InChI=1S/C9H14INO/c10-11-8(6-12)5-7-3-1-2-4-9(7)11/h6-9H,1-5H2/t7?,8-,9?/m0/s1. The number of carbonyl (C=O) groups excluding carboxylic acids is 1. The van der Waals surface area contributed by atoms with E-state index >= 15 is 0 Å². The summed E-state index contributed by atoms with van der Waals surface area (Å²) >= 11 is 2.33. The number of fused-ring (bicyclic) bond motifs is 1. The summed E-state index contributed by atoms with van der Waals surface area (Å²) in [6, 6.07) is 0.910. The van der Waals surface area contributed by atoms with Gasteiger partial charge >= 0.3 is 0 Å². The van der Waals surface area contributed by atoms with Gasteiger partial charge in [0.25, 0.3) is 0 Å². The molecule has 2 aliphatic rings. The minimum absolute atomic E-state index is 0.207. The summed E-state index contributed by atoms with van der Waals surface area (Å²) in [7, 11) is 0. The van der Waals surface area contributed by atoms with Gasteiger partial charge in [-0.3, -0.25) is 0 Å². The Morgan fingerprint density at radius 3 is 2.75 bits per heavy atom. The van der Waals surface area contributed by atoms with Gasteiger partial charge < -0.3 is 4.79 Å². The fraction of sp³-hybridized carbons (Fsp3) is 0.889. The van der Waals surface area contributed by atoms with Crippen LogP contribution < -0.4 is 0 Å². The van der Waals surface area contributed by atoms with E-state index in [1.54, 1.807) is 0 Å². The number of nitrogens with zero attached hydrogens (tertiary/aromatic N) is 1. The van der Waals surface area contributed by atoms with E-state index in [0.717, 1.165) is 18.6 Å². The van der Waals surface area contributed by atoms with E-state index in [-0.39, 0.29) is 6.04 Å². The lowest BCUT2D eigenvalue weighted by atomic mass is 9.85. The maximum absolute atomic E-state index is 10.7. The predicted octanol–water partition coefficient (Wildman–Crippen LogP) is 2.17. The lowest BCUT2D eigenvalue weighted by Gasteiger charge is -2.28. The number of hydrogen-bond acceptors (Lipinski definition) is 2. The topological polar surface area (TPSA) is 20.3 Å². The first-order valence-corrected chi connectivity index (χ1v) is 5.69. The minimum Gasteiger partial charge on any atom is -0.302 e. The highest BCUT2D eigenvalue weighted by atomic mass is 127. The van der Waals surface area contributed by atoms with Crippen LogP contribution in [0.3, 0.4) is 0 Å². The molecule has 0 aromatic rings. The molecule has 2 rings (SSSR count). The van der Waals surface area contributed by atoms with E-state index in [9.17, 15) is 4.79 Å². The third-order valence-electron chi connectivity index (χ3n) is 3.20. The third kappa shape index (κ3) is 1.41. The monoisotopic (exact) mass is 279 g/mol. The molecule has 0 spiro atoms. The Kier molecular flexibility index (Phi) is 2.69. The highest BCUT2D eigenvalue weighted by Crippen LogP contribution is 2.40. The van der Waals surface area contributed by atoms with Crippen LogP contribution in [-0.4, -0.2) is 21.5 Å². The van der Waals surface area contributed by atoms with Gasteiger partial charge in [0.15, 0.2) is 0 Å². The molecule has 68 valence electrons. The molecule has 1 aliphatic heterocycles. The van der Waals surface area contributed by atoms with E-state index in [2.05, 4.69) is 26.0 Å². The molecule has 2 nitrogen and oxygen atoms in total. The van der Waals surface area contributed by atoms with Gasteiger partial charge in [-0.15, -0.1) is 0 Å². The molecular formula is C9H14INO. The zero-order valence-corrected chi connectivity index (χ0v) is 9.24. The zero-order valence-electron chi connectivity index (χ0n) is 7.08. The summed E-state index contributed by atoms with van der Waals surface area (Å²) in [6.07, 6.45) is 7.60. The average Bonchev–Trinajstić information content (AvgIpc) is 2.44. The van der Waals surface area contributed by atoms with Gasteiger partial charge in [-0.05, 0) is 25.2 Å².